The maximum Gasteiger partial charge on any atom is 0.256 e. The normalized spacial score (nSPS) is 13.3. The summed E-state index contributed by atoms with van der Waals surface area (Å²) in [7, 11) is 0. The van der Waals surface area contributed by atoms with E-state index < -0.39 is 0 Å². The molecule has 1 aromatic heterocycles. The van der Waals surface area contributed by atoms with Crippen molar-refractivity contribution >= 4 is 22.9 Å². The molecule has 0 bridgehead atoms. The molecule has 4 heteroatoms. The molecule has 2 rings (SSSR count). The first-order valence-corrected chi connectivity index (χ1v) is 5.48. The summed E-state index contributed by atoms with van der Waals surface area (Å²) in [5, 5.41) is 0.698. The predicted octanol–water partition coefficient (Wildman–Crippen LogP) is 2.27. The fourth-order valence-electron chi connectivity index (χ4n) is 1.12. The van der Waals surface area contributed by atoms with E-state index in [0.29, 0.717) is 5.22 Å². The van der Waals surface area contributed by atoms with Crippen LogP contribution in [0.25, 0.3) is 11.1 Å². The van der Waals surface area contributed by atoms with Gasteiger partial charge in [-0.15, -0.1) is 0 Å². The Morgan fingerprint density at radius 2 is 2.29 bits per heavy atom. The van der Waals surface area contributed by atoms with Crippen LogP contribution in [-0.4, -0.2) is 16.8 Å². The van der Waals surface area contributed by atoms with E-state index >= 15 is 0 Å². The lowest BCUT2D eigenvalue weighted by Crippen LogP contribution is -2.17. The van der Waals surface area contributed by atoms with Gasteiger partial charge in [-0.2, -0.15) is 0 Å². The third kappa shape index (κ3) is 2.08. The largest absolute Gasteiger partial charge is 0.431 e. The van der Waals surface area contributed by atoms with Crippen molar-refractivity contribution in [2.75, 3.05) is 5.75 Å². The van der Waals surface area contributed by atoms with E-state index in [-0.39, 0.29) is 6.04 Å². The fourth-order valence-corrected chi connectivity index (χ4v) is 1.83. The molecule has 14 heavy (non-hydrogen) atoms. The van der Waals surface area contributed by atoms with Gasteiger partial charge in [-0.1, -0.05) is 23.9 Å². The maximum atomic E-state index is 5.64. The first-order valence-electron chi connectivity index (χ1n) is 4.49. The zero-order chi connectivity index (χ0) is 9.97. The molecular weight excluding hydrogens is 196 g/mol. The van der Waals surface area contributed by atoms with Crippen LogP contribution in [0.4, 0.5) is 0 Å². The van der Waals surface area contributed by atoms with Crippen molar-refractivity contribution in [3.8, 4) is 0 Å². The average molecular weight is 208 g/mol. The van der Waals surface area contributed by atoms with Gasteiger partial charge in [-0.3, -0.25) is 0 Å². The number of hydrogen-bond acceptors (Lipinski definition) is 4. The molecule has 3 nitrogen and oxygen atoms in total. The summed E-state index contributed by atoms with van der Waals surface area (Å²) in [6, 6.07) is 7.90. The Bertz CT molecular complexity index is 392. The second-order valence-electron chi connectivity index (χ2n) is 3.24. The molecule has 0 aliphatic carbocycles. The molecule has 0 saturated heterocycles. The van der Waals surface area contributed by atoms with E-state index in [9.17, 15) is 0 Å². The number of thioether (sulfide) groups is 1. The van der Waals surface area contributed by atoms with Crippen LogP contribution in [0.15, 0.2) is 33.9 Å². The molecule has 74 valence electrons. The quantitative estimate of drug-likeness (QED) is 0.786. The number of nitrogens with zero attached hydrogens (tertiary/aromatic N) is 1. The number of nitrogens with two attached hydrogens (primary N) is 1. The van der Waals surface area contributed by atoms with Crippen molar-refractivity contribution in [3.63, 3.8) is 0 Å². The van der Waals surface area contributed by atoms with Crippen molar-refractivity contribution in [2.45, 2.75) is 18.2 Å². The van der Waals surface area contributed by atoms with E-state index in [0.717, 1.165) is 16.9 Å². The Hall–Kier alpha value is -1.00. The monoisotopic (exact) mass is 208 g/mol. The minimum Gasteiger partial charge on any atom is -0.431 e. The van der Waals surface area contributed by atoms with Gasteiger partial charge >= 0.3 is 0 Å². The van der Waals surface area contributed by atoms with Gasteiger partial charge in [-0.25, -0.2) is 4.98 Å². The van der Waals surface area contributed by atoms with Gasteiger partial charge in [0.05, 0.1) is 0 Å². The minimum atomic E-state index is 0.162. The van der Waals surface area contributed by atoms with Crippen LogP contribution in [0.2, 0.25) is 0 Å². The molecular formula is C10H12N2OS. The standard InChI is InChI=1S/C10H12N2OS/c1-7(11)6-14-10-12-8-4-2-3-5-9(8)13-10/h2-5,7H,6,11H2,1H3/t7-/m0/s1. The smallest absolute Gasteiger partial charge is 0.256 e. The zero-order valence-electron chi connectivity index (χ0n) is 7.93. The average Bonchev–Trinajstić information content (AvgIpc) is 2.57. The van der Waals surface area contributed by atoms with Crippen LogP contribution in [0.5, 0.6) is 0 Å². The number of hydrogen-bond donors (Lipinski definition) is 1. The highest BCUT2D eigenvalue weighted by atomic mass is 32.2. The third-order valence-electron chi connectivity index (χ3n) is 1.74. The molecule has 1 aromatic carbocycles. The van der Waals surface area contributed by atoms with Crippen molar-refractivity contribution in [3.05, 3.63) is 24.3 Å². The van der Waals surface area contributed by atoms with Crippen LogP contribution in [0.3, 0.4) is 0 Å². The topological polar surface area (TPSA) is 52.0 Å². The van der Waals surface area contributed by atoms with E-state index in [1.165, 1.54) is 0 Å². The molecule has 1 heterocycles. The van der Waals surface area contributed by atoms with Gasteiger partial charge in [0.15, 0.2) is 5.58 Å². The Morgan fingerprint density at radius 1 is 1.50 bits per heavy atom. The van der Waals surface area contributed by atoms with Gasteiger partial charge in [0.1, 0.15) is 5.52 Å². The fraction of sp³-hybridized carbons (Fsp3) is 0.300. The summed E-state index contributed by atoms with van der Waals surface area (Å²) in [4.78, 5) is 4.33. The summed E-state index contributed by atoms with van der Waals surface area (Å²) in [6.45, 7) is 1.97. The summed E-state index contributed by atoms with van der Waals surface area (Å²) < 4.78 is 5.51. The van der Waals surface area contributed by atoms with Crippen LogP contribution in [0.1, 0.15) is 6.92 Å². The van der Waals surface area contributed by atoms with Gasteiger partial charge in [-0.05, 0) is 19.1 Å². The Kier molecular flexibility index (Phi) is 2.74. The molecule has 2 N–H and O–H groups in total. The molecule has 2 aromatic rings. The molecule has 0 saturated carbocycles. The summed E-state index contributed by atoms with van der Waals surface area (Å²) in [5.74, 6) is 0.826. The summed E-state index contributed by atoms with van der Waals surface area (Å²) in [6.07, 6.45) is 0. The van der Waals surface area contributed by atoms with Crippen molar-refractivity contribution in [2.24, 2.45) is 5.73 Å². The van der Waals surface area contributed by atoms with Crippen molar-refractivity contribution in [1.82, 2.24) is 4.98 Å². The number of aromatic nitrogens is 1. The molecule has 0 aliphatic rings. The SMILES string of the molecule is C[C@H](N)CSc1nc2ccccc2o1. The minimum absolute atomic E-state index is 0.162. The summed E-state index contributed by atoms with van der Waals surface area (Å²) >= 11 is 1.55. The van der Waals surface area contributed by atoms with Gasteiger partial charge < -0.3 is 10.2 Å². The Labute approximate surface area is 86.7 Å². The van der Waals surface area contributed by atoms with E-state index in [2.05, 4.69) is 4.98 Å². The number of benzene rings is 1. The first kappa shape index (κ1) is 9.55. The van der Waals surface area contributed by atoms with Gasteiger partial charge in [0.25, 0.3) is 5.22 Å². The number of para-hydroxylation sites is 2. The number of rotatable bonds is 3. The van der Waals surface area contributed by atoms with E-state index in [4.69, 9.17) is 10.2 Å². The van der Waals surface area contributed by atoms with Crippen molar-refractivity contribution < 1.29 is 4.42 Å². The lowest BCUT2D eigenvalue weighted by Gasteiger charge is -1.99. The third-order valence-corrected chi connectivity index (χ3v) is 2.86. The molecule has 1 atom stereocenters. The number of fused-ring (bicyclic) bond motifs is 1. The van der Waals surface area contributed by atoms with Crippen LogP contribution >= 0.6 is 11.8 Å². The first-order chi connectivity index (χ1) is 6.75. The van der Waals surface area contributed by atoms with E-state index in [1.54, 1.807) is 11.8 Å². The summed E-state index contributed by atoms with van der Waals surface area (Å²) in [5.41, 5.74) is 7.38. The van der Waals surface area contributed by atoms with Gasteiger partial charge in [0.2, 0.25) is 0 Å². The second-order valence-corrected chi connectivity index (χ2v) is 4.21. The maximum absolute atomic E-state index is 5.64. The zero-order valence-corrected chi connectivity index (χ0v) is 8.75. The van der Waals surface area contributed by atoms with Gasteiger partial charge in [0, 0.05) is 11.8 Å². The molecule has 0 spiro atoms. The number of oxazole rings is 1. The van der Waals surface area contributed by atoms with Crippen LogP contribution < -0.4 is 5.73 Å². The molecule has 0 aliphatic heterocycles. The van der Waals surface area contributed by atoms with Crippen LogP contribution in [0, 0.1) is 0 Å². The highest BCUT2D eigenvalue weighted by Gasteiger charge is 2.05. The highest BCUT2D eigenvalue weighted by Crippen LogP contribution is 2.23. The van der Waals surface area contributed by atoms with E-state index in [1.807, 2.05) is 31.2 Å². The Balaban J connectivity index is 2.19. The molecule has 0 amide bonds. The highest BCUT2D eigenvalue weighted by molar-refractivity contribution is 7.99. The van der Waals surface area contributed by atoms with Crippen LogP contribution in [-0.2, 0) is 0 Å². The van der Waals surface area contributed by atoms with Crippen molar-refractivity contribution in [1.29, 1.82) is 0 Å². The predicted molar refractivity (Wildman–Crippen MR) is 58.4 cm³/mol. The molecule has 0 unspecified atom stereocenters. The molecule has 0 radical (unpaired) electrons. The Morgan fingerprint density at radius 3 is 3.00 bits per heavy atom. The molecule has 0 fully saturated rings. The lowest BCUT2D eigenvalue weighted by atomic mass is 10.3. The lowest BCUT2D eigenvalue weighted by molar-refractivity contribution is 0.489. The second kappa shape index (κ2) is 4.02.